The van der Waals surface area contributed by atoms with Gasteiger partial charge in [-0.2, -0.15) is 5.10 Å². The second-order valence-corrected chi connectivity index (χ2v) is 6.54. The van der Waals surface area contributed by atoms with Crippen LogP contribution in [0.25, 0.3) is 0 Å². The lowest BCUT2D eigenvalue weighted by molar-refractivity contribution is 0.0556. The predicted octanol–water partition coefficient (Wildman–Crippen LogP) is 4.46. The summed E-state index contributed by atoms with van der Waals surface area (Å²) in [5.41, 5.74) is 0.873. The molecule has 0 aliphatic heterocycles. The molecule has 0 saturated carbocycles. The van der Waals surface area contributed by atoms with Crippen LogP contribution in [0.15, 0.2) is 41.0 Å². The van der Waals surface area contributed by atoms with E-state index >= 15 is 0 Å². The Morgan fingerprint density at radius 1 is 1.24 bits per heavy atom. The summed E-state index contributed by atoms with van der Waals surface area (Å²) in [4.78, 5) is 0. The zero-order chi connectivity index (χ0) is 15.5. The summed E-state index contributed by atoms with van der Waals surface area (Å²) in [5, 5.41) is 15.4. The molecule has 1 N–H and O–H groups in total. The zero-order valence-corrected chi connectivity index (χ0v) is 14.5. The molecule has 0 radical (unpaired) electrons. The first-order valence-corrected chi connectivity index (χ1v) is 8.28. The first kappa shape index (κ1) is 16.2. The molecule has 3 nitrogen and oxygen atoms in total. The molecule has 1 atom stereocenters. The van der Waals surface area contributed by atoms with Gasteiger partial charge in [-0.25, -0.2) is 0 Å². The molecule has 0 saturated heterocycles. The van der Waals surface area contributed by atoms with E-state index in [9.17, 15) is 5.11 Å². The maximum atomic E-state index is 10.8. The van der Waals surface area contributed by atoms with E-state index in [-0.39, 0.29) is 0 Å². The predicted molar refractivity (Wildman–Crippen MR) is 89.3 cm³/mol. The summed E-state index contributed by atoms with van der Waals surface area (Å²) in [6.45, 7) is 6.18. The average molecular weight is 351 g/mol. The van der Waals surface area contributed by atoms with Crippen molar-refractivity contribution in [2.45, 2.75) is 51.7 Å². The highest BCUT2D eigenvalue weighted by atomic mass is 79.9. The van der Waals surface area contributed by atoms with E-state index in [1.807, 2.05) is 48.1 Å². The molecule has 21 heavy (non-hydrogen) atoms. The van der Waals surface area contributed by atoms with Gasteiger partial charge >= 0.3 is 0 Å². The number of benzene rings is 1. The Morgan fingerprint density at radius 2 is 1.90 bits per heavy atom. The molecule has 4 heteroatoms. The molecule has 1 heterocycles. The topological polar surface area (TPSA) is 38.0 Å². The van der Waals surface area contributed by atoms with Crippen LogP contribution in [-0.4, -0.2) is 14.9 Å². The van der Waals surface area contributed by atoms with Gasteiger partial charge in [0.15, 0.2) is 0 Å². The van der Waals surface area contributed by atoms with Crippen molar-refractivity contribution in [3.63, 3.8) is 0 Å². The van der Waals surface area contributed by atoms with Gasteiger partial charge in [-0.3, -0.25) is 4.68 Å². The van der Waals surface area contributed by atoms with Crippen LogP contribution in [0, 0.1) is 0 Å². The van der Waals surface area contributed by atoms with Gasteiger partial charge in [0.05, 0.1) is 17.3 Å². The maximum Gasteiger partial charge on any atom is 0.0935 e. The highest BCUT2D eigenvalue weighted by Gasteiger charge is 2.27. The smallest absolute Gasteiger partial charge is 0.0935 e. The van der Waals surface area contributed by atoms with Gasteiger partial charge in [0.2, 0.25) is 0 Å². The molecule has 0 fully saturated rings. The Labute approximate surface area is 135 Å². The van der Waals surface area contributed by atoms with Crippen LogP contribution < -0.4 is 0 Å². The molecule has 1 aromatic carbocycles. The van der Waals surface area contributed by atoms with E-state index in [2.05, 4.69) is 34.9 Å². The Balaban J connectivity index is 2.19. The minimum Gasteiger partial charge on any atom is -0.385 e. The summed E-state index contributed by atoms with van der Waals surface area (Å²) in [6.07, 6.45) is 4.66. The van der Waals surface area contributed by atoms with Crippen molar-refractivity contribution in [2.75, 3.05) is 0 Å². The minimum atomic E-state index is -0.937. The molecular formula is C17H23BrN2O. The number of rotatable bonds is 6. The Kier molecular flexibility index (Phi) is 5.22. The van der Waals surface area contributed by atoms with Crippen molar-refractivity contribution in [2.24, 2.45) is 0 Å². The van der Waals surface area contributed by atoms with Crippen LogP contribution >= 0.6 is 15.9 Å². The molecule has 1 unspecified atom stereocenters. The quantitative estimate of drug-likeness (QED) is 0.835. The van der Waals surface area contributed by atoms with E-state index < -0.39 is 5.60 Å². The molecule has 2 rings (SSSR count). The van der Waals surface area contributed by atoms with Gasteiger partial charge in [0.25, 0.3) is 0 Å². The molecule has 0 bridgehead atoms. The minimum absolute atomic E-state index is 0.437. The highest BCUT2D eigenvalue weighted by Crippen LogP contribution is 2.31. The van der Waals surface area contributed by atoms with Crippen LogP contribution in [-0.2, 0) is 12.0 Å². The largest absolute Gasteiger partial charge is 0.385 e. The summed E-state index contributed by atoms with van der Waals surface area (Å²) in [7, 11) is 0. The fraction of sp³-hybridized carbons (Fsp3) is 0.471. The maximum absolute atomic E-state index is 10.8. The standard InChI is InChI=1S/C17H23BrN2O/c1-4-14(5-2)20-11-10-13(19-20)12-17(3,21)15-8-6-7-9-16(15)18/h6-11,14,21H,4-5,12H2,1-3H3. The van der Waals surface area contributed by atoms with Gasteiger partial charge in [0.1, 0.15) is 0 Å². The fourth-order valence-electron chi connectivity index (χ4n) is 2.68. The van der Waals surface area contributed by atoms with E-state index in [1.165, 1.54) is 0 Å². The first-order valence-electron chi connectivity index (χ1n) is 7.49. The fourth-order valence-corrected chi connectivity index (χ4v) is 3.40. The van der Waals surface area contributed by atoms with Crippen LogP contribution in [0.2, 0.25) is 0 Å². The lowest BCUT2D eigenvalue weighted by Gasteiger charge is -2.24. The number of hydrogen-bond donors (Lipinski definition) is 1. The second-order valence-electron chi connectivity index (χ2n) is 5.69. The van der Waals surface area contributed by atoms with Crippen molar-refractivity contribution in [1.29, 1.82) is 0 Å². The second kappa shape index (κ2) is 6.75. The van der Waals surface area contributed by atoms with Crippen LogP contribution in [0.1, 0.15) is 50.9 Å². The third-order valence-electron chi connectivity index (χ3n) is 3.96. The summed E-state index contributed by atoms with van der Waals surface area (Å²) in [5.74, 6) is 0. The van der Waals surface area contributed by atoms with Gasteiger partial charge in [-0.05, 0) is 37.5 Å². The Bertz CT molecular complexity index is 588. The number of hydrogen-bond acceptors (Lipinski definition) is 2. The van der Waals surface area contributed by atoms with E-state index in [0.717, 1.165) is 28.6 Å². The van der Waals surface area contributed by atoms with E-state index in [1.54, 1.807) is 0 Å². The Hall–Kier alpha value is -1.13. The lowest BCUT2D eigenvalue weighted by Crippen LogP contribution is -2.25. The van der Waals surface area contributed by atoms with Crippen molar-refractivity contribution in [1.82, 2.24) is 9.78 Å². The van der Waals surface area contributed by atoms with E-state index in [4.69, 9.17) is 0 Å². The molecule has 1 aromatic heterocycles. The number of aliphatic hydroxyl groups is 1. The van der Waals surface area contributed by atoms with Crippen LogP contribution in [0.5, 0.6) is 0 Å². The van der Waals surface area contributed by atoms with E-state index in [0.29, 0.717) is 12.5 Å². The van der Waals surface area contributed by atoms with Crippen LogP contribution in [0.4, 0.5) is 0 Å². The summed E-state index contributed by atoms with van der Waals surface area (Å²) in [6, 6.07) is 10.2. The molecule has 0 aliphatic rings. The molecule has 0 amide bonds. The number of aromatic nitrogens is 2. The monoisotopic (exact) mass is 350 g/mol. The van der Waals surface area contributed by atoms with Gasteiger partial charge in [-0.1, -0.05) is 48.0 Å². The Morgan fingerprint density at radius 3 is 2.52 bits per heavy atom. The highest BCUT2D eigenvalue weighted by molar-refractivity contribution is 9.10. The molecule has 2 aromatic rings. The number of halogens is 1. The third kappa shape index (κ3) is 3.74. The SMILES string of the molecule is CCC(CC)n1ccc(CC(C)(O)c2ccccc2Br)n1. The van der Waals surface area contributed by atoms with Crippen LogP contribution in [0.3, 0.4) is 0 Å². The first-order chi connectivity index (χ1) is 9.97. The lowest BCUT2D eigenvalue weighted by atomic mass is 9.91. The number of nitrogens with zero attached hydrogens (tertiary/aromatic N) is 2. The third-order valence-corrected chi connectivity index (χ3v) is 4.65. The molecule has 0 spiro atoms. The molecule has 114 valence electrons. The normalized spacial score (nSPS) is 14.4. The van der Waals surface area contributed by atoms with Crippen molar-refractivity contribution >= 4 is 15.9 Å². The molecular weight excluding hydrogens is 328 g/mol. The molecule has 0 aliphatic carbocycles. The average Bonchev–Trinajstić information content (AvgIpc) is 2.88. The van der Waals surface area contributed by atoms with Gasteiger partial charge in [-0.15, -0.1) is 0 Å². The van der Waals surface area contributed by atoms with Gasteiger partial charge < -0.3 is 5.11 Å². The van der Waals surface area contributed by atoms with Crippen molar-refractivity contribution in [3.8, 4) is 0 Å². The zero-order valence-electron chi connectivity index (χ0n) is 12.9. The van der Waals surface area contributed by atoms with Gasteiger partial charge in [0, 0.05) is 17.1 Å². The summed E-state index contributed by atoms with van der Waals surface area (Å²) >= 11 is 3.51. The summed E-state index contributed by atoms with van der Waals surface area (Å²) < 4.78 is 2.94. The van der Waals surface area contributed by atoms with Crippen molar-refractivity contribution < 1.29 is 5.11 Å². The van der Waals surface area contributed by atoms with Crippen molar-refractivity contribution in [3.05, 3.63) is 52.3 Å².